The van der Waals surface area contributed by atoms with E-state index in [1.807, 2.05) is 25.3 Å². The van der Waals surface area contributed by atoms with E-state index in [9.17, 15) is 0 Å². The van der Waals surface area contributed by atoms with E-state index in [0.29, 0.717) is 54.4 Å². The zero-order chi connectivity index (χ0) is 33.5. The van der Waals surface area contributed by atoms with E-state index in [2.05, 4.69) is 54.2 Å². The number of ether oxygens (including phenoxy) is 4. The quantitative estimate of drug-likeness (QED) is 0.175. The van der Waals surface area contributed by atoms with Crippen molar-refractivity contribution in [3.8, 4) is 22.8 Å². The molecule has 1 unspecified atom stereocenters. The van der Waals surface area contributed by atoms with Crippen LogP contribution in [0.25, 0.3) is 11.1 Å². The summed E-state index contributed by atoms with van der Waals surface area (Å²) in [6.07, 6.45) is 12.6. The third-order valence-corrected chi connectivity index (χ3v) is 9.07. The molecule has 1 aromatic carbocycles. The fraction of sp³-hybridized carbons (Fsp3) is 0.576. The molecule has 3 atom stereocenters. The molecule has 0 spiro atoms. The van der Waals surface area contributed by atoms with Crippen molar-refractivity contribution in [2.45, 2.75) is 89.8 Å². The second kappa shape index (κ2) is 16.0. The fourth-order valence-electron chi connectivity index (χ4n) is 6.55. The Hall–Kier alpha value is -3.85. The minimum absolute atomic E-state index is 0.205. The maximum absolute atomic E-state index is 6.46. The van der Waals surface area contributed by atoms with E-state index in [-0.39, 0.29) is 18.3 Å². The van der Waals surface area contributed by atoms with Crippen molar-refractivity contribution in [1.29, 1.82) is 0 Å². The minimum atomic E-state index is -0.205. The zero-order valence-corrected chi connectivity index (χ0v) is 28.8. The summed E-state index contributed by atoms with van der Waals surface area (Å²) >= 11 is 6.46. The van der Waals surface area contributed by atoms with Crippen LogP contribution in [0.15, 0.2) is 43.1 Å². The lowest BCUT2D eigenvalue weighted by atomic mass is 9.89. The molecule has 2 fully saturated rings. The summed E-state index contributed by atoms with van der Waals surface area (Å²) in [5.41, 5.74) is 2.43. The molecule has 48 heavy (non-hydrogen) atoms. The van der Waals surface area contributed by atoms with Crippen molar-refractivity contribution in [2.75, 3.05) is 38.7 Å². The molecule has 258 valence electrons. The predicted octanol–water partition coefficient (Wildman–Crippen LogP) is 5.20. The number of benzene rings is 1. The van der Waals surface area contributed by atoms with Crippen LogP contribution in [-0.2, 0) is 16.0 Å². The number of aromatic nitrogens is 8. The first-order valence-corrected chi connectivity index (χ1v) is 17.1. The lowest BCUT2D eigenvalue weighted by molar-refractivity contribution is -0.0852. The van der Waals surface area contributed by atoms with E-state index in [1.165, 1.54) is 0 Å². The van der Waals surface area contributed by atoms with Crippen LogP contribution >= 0.6 is 11.6 Å². The van der Waals surface area contributed by atoms with Crippen LogP contribution in [0.3, 0.4) is 0 Å². The lowest BCUT2D eigenvalue weighted by Crippen LogP contribution is -2.51. The van der Waals surface area contributed by atoms with Gasteiger partial charge in [0.05, 0.1) is 42.6 Å². The monoisotopic (exact) mass is 680 g/mol. The molecule has 0 radical (unpaired) electrons. The molecule has 4 aromatic rings. The van der Waals surface area contributed by atoms with Crippen molar-refractivity contribution in [3.05, 3.63) is 48.1 Å². The highest BCUT2D eigenvalue weighted by atomic mass is 35.5. The van der Waals surface area contributed by atoms with E-state index in [0.717, 1.165) is 62.0 Å². The summed E-state index contributed by atoms with van der Waals surface area (Å²) in [5.74, 6) is 1.54. The van der Waals surface area contributed by atoms with Crippen LogP contribution in [0.1, 0.15) is 58.9 Å². The topological polar surface area (TPSA) is 139 Å². The Labute approximate surface area is 286 Å². The lowest BCUT2D eigenvalue weighted by Gasteiger charge is -2.42. The van der Waals surface area contributed by atoms with Gasteiger partial charge >= 0.3 is 0 Å². The van der Waals surface area contributed by atoms with Crippen LogP contribution in [0.2, 0.25) is 5.02 Å². The van der Waals surface area contributed by atoms with E-state index in [1.54, 1.807) is 36.6 Å². The van der Waals surface area contributed by atoms with Gasteiger partial charge in [0.15, 0.2) is 0 Å². The molecule has 1 N–H and O–H groups in total. The molecule has 1 aliphatic carbocycles. The molecule has 1 aliphatic heterocycles. The van der Waals surface area contributed by atoms with Gasteiger partial charge in [-0.3, -0.25) is 9.58 Å². The van der Waals surface area contributed by atoms with Crippen LogP contribution in [-0.4, -0.2) is 103 Å². The SMILES string of the molecule is COCCCOc1nn(C2CCC(N3C[C@@H](C)O[C@@H](C)C3)CC2)cc1Nc1ncc(-c2ccc(Cl)c(OC(C)Cn3cnnn3)c2)cn1. The number of nitrogens with one attached hydrogen (secondary N) is 1. The van der Waals surface area contributed by atoms with Gasteiger partial charge in [0.25, 0.3) is 5.88 Å². The first-order valence-electron chi connectivity index (χ1n) is 16.7. The first kappa shape index (κ1) is 34.0. The fourth-order valence-corrected chi connectivity index (χ4v) is 6.71. The average Bonchev–Trinajstić information content (AvgIpc) is 3.74. The van der Waals surface area contributed by atoms with Gasteiger partial charge in [-0.15, -0.1) is 10.2 Å². The summed E-state index contributed by atoms with van der Waals surface area (Å²) in [6.45, 7) is 9.88. The Morgan fingerprint density at radius 2 is 1.77 bits per heavy atom. The summed E-state index contributed by atoms with van der Waals surface area (Å²) in [7, 11) is 1.69. The van der Waals surface area contributed by atoms with Gasteiger partial charge in [-0.2, -0.15) is 0 Å². The van der Waals surface area contributed by atoms with Crippen molar-refractivity contribution < 1.29 is 18.9 Å². The van der Waals surface area contributed by atoms with Gasteiger partial charge in [0.1, 0.15) is 23.9 Å². The molecule has 4 heterocycles. The Bertz CT molecular complexity index is 1570. The minimum Gasteiger partial charge on any atom is -0.487 e. The Balaban J connectivity index is 1.11. The molecule has 1 saturated heterocycles. The second-order valence-corrected chi connectivity index (χ2v) is 13.1. The number of rotatable bonds is 14. The van der Waals surface area contributed by atoms with Crippen molar-refractivity contribution >= 4 is 23.2 Å². The Morgan fingerprint density at radius 1 is 1.02 bits per heavy atom. The molecule has 1 saturated carbocycles. The Kier molecular flexibility index (Phi) is 11.4. The summed E-state index contributed by atoms with van der Waals surface area (Å²) in [5, 5.41) is 20.0. The average molecular weight is 681 g/mol. The third-order valence-electron chi connectivity index (χ3n) is 8.76. The summed E-state index contributed by atoms with van der Waals surface area (Å²) < 4.78 is 27.0. The number of nitrogens with zero attached hydrogens (tertiary/aromatic N) is 9. The number of halogens is 1. The van der Waals surface area contributed by atoms with Gasteiger partial charge in [0.2, 0.25) is 5.95 Å². The standard InChI is InChI=1S/C33H45ClN10O4/c1-22-17-42(18-23(2)47-22)27-7-9-28(10-8-27)44-20-30(32(39-44)46-13-5-12-45-4)38-33-35-15-26(16-36-33)25-6-11-29(34)31(14-25)48-24(3)19-43-21-37-40-41-43/h6,11,14-16,20-24,27-28H,5,7-10,12-13,17-19H2,1-4H3,(H,35,36,38)/t22-,23+,24?,27?,28?. The summed E-state index contributed by atoms with van der Waals surface area (Å²) in [6, 6.07) is 6.49. The number of tetrazole rings is 1. The number of anilines is 2. The van der Waals surface area contributed by atoms with Crippen molar-refractivity contribution in [2.24, 2.45) is 0 Å². The number of hydrogen-bond donors (Lipinski definition) is 1. The van der Waals surface area contributed by atoms with Gasteiger partial charge in [0, 0.05) is 57.2 Å². The first-order chi connectivity index (χ1) is 23.3. The molecular weight excluding hydrogens is 636 g/mol. The third kappa shape index (κ3) is 8.78. The molecule has 14 nitrogen and oxygen atoms in total. The maximum atomic E-state index is 6.46. The Morgan fingerprint density at radius 3 is 2.48 bits per heavy atom. The van der Waals surface area contributed by atoms with Gasteiger partial charge in [-0.05, 0) is 74.6 Å². The van der Waals surface area contributed by atoms with Gasteiger partial charge in [-0.25, -0.2) is 14.6 Å². The molecule has 6 rings (SSSR count). The van der Waals surface area contributed by atoms with Crippen molar-refractivity contribution in [3.63, 3.8) is 0 Å². The predicted molar refractivity (Wildman–Crippen MR) is 181 cm³/mol. The van der Waals surface area contributed by atoms with Crippen LogP contribution in [0.4, 0.5) is 11.6 Å². The highest BCUT2D eigenvalue weighted by Crippen LogP contribution is 2.36. The molecule has 2 aliphatic rings. The largest absolute Gasteiger partial charge is 0.487 e. The molecule has 0 bridgehead atoms. The smallest absolute Gasteiger partial charge is 0.256 e. The van der Waals surface area contributed by atoms with Crippen LogP contribution < -0.4 is 14.8 Å². The van der Waals surface area contributed by atoms with Gasteiger partial charge < -0.3 is 24.3 Å². The normalized spacial score (nSPS) is 22.4. The van der Waals surface area contributed by atoms with Gasteiger partial charge in [-0.1, -0.05) is 17.7 Å². The highest BCUT2D eigenvalue weighted by molar-refractivity contribution is 6.32. The van der Waals surface area contributed by atoms with Crippen LogP contribution in [0.5, 0.6) is 11.6 Å². The number of methoxy groups -OCH3 is 1. The van der Waals surface area contributed by atoms with Crippen molar-refractivity contribution in [1.82, 2.24) is 44.9 Å². The summed E-state index contributed by atoms with van der Waals surface area (Å²) in [4.78, 5) is 11.8. The molecule has 0 amide bonds. The molecule has 15 heteroatoms. The zero-order valence-electron chi connectivity index (χ0n) is 28.0. The number of hydrogen-bond acceptors (Lipinski definition) is 12. The second-order valence-electron chi connectivity index (χ2n) is 12.7. The number of morpholine rings is 1. The highest BCUT2D eigenvalue weighted by Gasteiger charge is 2.32. The maximum Gasteiger partial charge on any atom is 0.256 e. The van der Waals surface area contributed by atoms with E-state index >= 15 is 0 Å². The van der Waals surface area contributed by atoms with Crippen LogP contribution in [0, 0.1) is 0 Å². The van der Waals surface area contributed by atoms with E-state index in [4.69, 9.17) is 35.6 Å². The molecule has 3 aromatic heterocycles. The van der Waals surface area contributed by atoms with E-state index < -0.39 is 0 Å². The molecular formula is C33H45ClN10O4.